The molecule has 0 aliphatic rings. The van der Waals surface area contributed by atoms with Crippen molar-refractivity contribution in [2.75, 3.05) is 7.11 Å². The van der Waals surface area contributed by atoms with E-state index in [2.05, 4.69) is 4.74 Å². The summed E-state index contributed by atoms with van der Waals surface area (Å²) in [5.74, 6) is -0.807. The standard InChI is InChI=1S/C8H12O3/c1-4-5-7(6(2)9)8(10)11-3/h5H,4H2,1-3H3/b7-5+. The zero-order valence-electron chi connectivity index (χ0n) is 7.01. The summed E-state index contributed by atoms with van der Waals surface area (Å²) >= 11 is 0. The Balaban J connectivity index is 4.48. The van der Waals surface area contributed by atoms with Gasteiger partial charge in [0.1, 0.15) is 0 Å². The van der Waals surface area contributed by atoms with Gasteiger partial charge in [-0.1, -0.05) is 13.0 Å². The zero-order chi connectivity index (χ0) is 8.85. The number of allylic oxidation sites excluding steroid dienone is 1. The molecule has 62 valence electrons. The fraction of sp³-hybridized carbons (Fsp3) is 0.500. The van der Waals surface area contributed by atoms with E-state index in [-0.39, 0.29) is 11.4 Å². The van der Waals surface area contributed by atoms with Gasteiger partial charge in [-0.2, -0.15) is 0 Å². The molecule has 0 amide bonds. The predicted octanol–water partition coefficient (Wildman–Crippen LogP) is 1.08. The average Bonchev–Trinajstić information content (AvgIpc) is 1.98. The number of methoxy groups -OCH3 is 1. The highest BCUT2D eigenvalue weighted by atomic mass is 16.5. The minimum Gasteiger partial charge on any atom is -0.465 e. The van der Waals surface area contributed by atoms with Crippen LogP contribution in [0.4, 0.5) is 0 Å². The SMILES string of the molecule is CC/C=C(\C(C)=O)C(=O)OC. The number of esters is 1. The van der Waals surface area contributed by atoms with Gasteiger partial charge < -0.3 is 4.74 Å². The largest absolute Gasteiger partial charge is 0.465 e. The second-order valence-corrected chi connectivity index (χ2v) is 2.07. The normalized spacial score (nSPS) is 11.0. The van der Waals surface area contributed by atoms with Gasteiger partial charge in [0.15, 0.2) is 5.78 Å². The molecule has 0 N–H and O–H groups in total. The zero-order valence-corrected chi connectivity index (χ0v) is 7.01. The minimum absolute atomic E-state index is 0.134. The van der Waals surface area contributed by atoms with E-state index in [1.54, 1.807) is 6.08 Å². The van der Waals surface area contributed by atoms with Gasteiger partial charge >= 0.3 is 5.97 Å². The molecule has 0 saturated heterocycles. The summed E-state index contributed by atoms with van der Waals surface area (Å²) in [6, 6.07) is 0. The fourth-order valence-electron chi connectivity index (χ4n) is 0.685. The quantitative estimate of drug-likeness (QED) is 0.266. The lowest BCUT2D eigenvalue weighted by atomic mass is 10.1. The monoisotopic (exact) mass is 156 g/mol. The van der Waals surface area contributed by atoms with E-state index < -0.39 is 5.97 Å². The van der Waals surface area contributed by atoms with Crippen LogP contribution in [0.2, 0.25) is 0 Å². The second-order valence-electron chi connectivity index (χ2n) is 2.07. The van der Waals surface area contributed by atoms with E-state index >= 15 is 0 Å². The van der Waals surface area contributed by atoms with Gasteiger partial charge in [-0.3, -0.25) is 4.79 Å². The number of rotatable bonds is 3. The van der Waals surface area contributed by atoms with E-state index in [9.17, 15) is 9.59 Å². The first-order valence-corrected chi connectivity index (χ1v) is 3.42. The summed E-state index contributed by atoms with van der Waals surface area (Å²) in [6.45, 7) is 3.20. The highest BCUT2D eigenvalue weighted by Crippen LogP contribution is 2.00. The van der Waals surface area contributed by atoms with Gasteiger partial charge in [0.25, 0.3) is 0 Å². The van der Waals surface area contributed by atoms with Gasteiger partial charge in [-0.25, -0.2) is 4.79 Å². The molecule has 0 aliphatic carbocycles. The highest BCUT2D eigenvalue weighted by molar-refractivity contribution is 6.16. The van der Waals surface area contributed by atoms with Crippen molar-refractivity contribution in [1.29, 1.82) is 0 Å². The first kappa shape index (κ1) is 9.88. The Labute approximate surface area is 66.0 Å². The van der Waals surface area contributed by atoms with Crippen molar-refractivity contribution < 1.29 is 14.3 Å². The molecule has 11 heavy (non-hydrogen) atoms. The molecule has 0 fully saturated rings. The second kappa shape index (κ2) is 4.66. The van der Waals surface area contributed by atoms with Crippen LogP contribution in [0.5, 0.6) is 0 Å². The van der Waals surface area contributed by atoms with E-state index in [1.165, 1.54) is 14.0 Å². The molecule has 3 nitrogen and oxygen atoms in total. The lowest BCUT2D eigenvalue weighted by molar-refractivity contribution is -0.137. The molecule has 0 spiro atoms. The number of Topliss-reactive ketones (excluding diaryl/α,β-unsaturated/α-hetero) is 1. The summed E-state index contributed by atoms with van der Waals surface area (Å²) in [4.78, 5) is 21.6. The minimum atomic E-state index is -0.556. The van der Waals surface area contributed by atoms with Crippen molar-refractivity contribution in [3.8, 4) is 0 Å². The third-order valence-electron chi connectivity index (χ3n) is 1.19. The van der Waals surface area contributed by atoms with E-state index in [4.69, 9.17) is 0 Å². The first-order chi connectivity index (χ1) is 5.13. The Morgan fingerprint density at radius 3 is 2.27 bits per heavy atom. The summed E-state index contributed by atoms with van der Waals surface area (Å²) in [5, 5.41) is 0. The van der Waals surface area contributed by atoms with Crippen LogP contribution >= 0.6 is 0 Å². The topological polar surface area (TPSA) is 43.4 Å². The molecule has 0 bridgehead atoms. The lowest BCUT2D eigenvalue weighted by Gasteiger charge is -1.98. The number of ketones is 1. The summed E-state index contributed by atoms with van der Waals surface area (Å²) in [6.07, 6.45) is 2.22. The van der Waals surface area contributed by atoms with Crippen LogP contribution in [0.15, 0.2) is 11.6 Å². The van der Waals surface area contributed by atoms with Crippen LogP contribution < -0.4 is 0 Å². The summed E-state index contributed by atoms with van der Waals surface area (Å²) in [5.41, 5.74) is 0.134. The van der Waals surface area contributed by atoms with Crippen LogP contribution in [-0.2, 0) is 14.3 Å². The fourth-order valence-corrected chi connectivity index (χ4v) is 0.685. The van der Waals surface area contributed by atoms with Crippen molar-refractivity contribution in [2.24, 2.45) is 0 Å². The van der Waals surface area contributed by atoms with E-state index in [1.807, 2.05) is 6.92 Å². The van der Waals surface area contributed by atoms with Crippen molar-refractivity contribution in [2.45, 2.75) is 20.3 Å². The van der Waals surface area contributed by atoms with Crippen LogP contribution in [0.1, 0.15) is 20.3 Å². The van der Waals surface area contributed by atoms with Gasteiger partial charge in [-0.15, -0.1) is 0 Å². The molecule has 0 aromatic heterocycles. The molecule has 0 aliphatic heterocycles. The molecule has 0 unspecified atom stereocenters. The van der Waals surface area contributed by atoms with E-state index in [0.717, 1.165) is 0 Å². The summed E-state index contributed by atoms with van der Waals surface area (Å²) < 4.78 is 4.40. The molecular weight excluding hydrogens is 144 g/mol. The number of carbonyl (C=O) groups is 2. The lowest BCUT2D eigenvalue weighted by Crippen LogP contribution is -2.11. The Bertz CT molecular complexity index is 192. The van der Waals surface area contributed by atoms with Crippen molar-refractivity contribution in [3.05, 3.63) is 11.6 Å². The molecule has 0 aromatic rings. The molecule has 0 radical (unpaired) electrons. The number of ether oxygens (including phenoxy) is 1. The van der Waals surface area contributed by atoms with E-state index in [0.29, 0.717) is 6.42 Å². The Kier molecular flexibility index (Phi) is 4.18. The molecule has 0 heterocycles. The van der Waals surface area contributed by atoms with Crippen molar-refractivity contribution in [3.63, 3.8) is 0 Å². The number of hydrogen-bond donors (Lipinski definition) is 0. The van der Waals surface area contributed by atoms with Crippen LogP contribution in [0.25, 0.3) is 0 Å². The maximum Gasteiger partial charge on any atom is 0.341 e. The van der Waals surface area contributed by atoms with Gasteiger partial charge in [0.05, 0.1) is 12.7 Å². The van der Waals surface area contributed by atoms with Gasteiger partial charge in [0.2, 0.25) is 0 Å². The Morgan fingerprint density at radius 1 is 1.45 bits per heavy atom. The maximum absolute atomic E-state index is 10.8. The maximum atomic E-state index is 10.8. The first-order valence-electron chi connectivity index (χ1n) is 3.42. The third kappa shape index (κ3) is 2.98. The van der Waals surface area contributed by atoms with Gasteiger partial charge in [-0.05, 0) is 13.3 Å². The van der Waals surface area contributed by atoms with Crippen LogP contribution in [0, 0.1) is 0 Å². The molecule has 0 saturated carbocycles. The Hall–Kier alpha value is -1.12. The Morgan fingerprint density at radius 2 is 2.00 bits per heavy atom. The van der Waals surface area contributed by atoms with Crippen molar-refractivity contribution >= 4 is 11.8 Å². The average molecular weight is 156 g/mol. The van der Waals surface area contributed by atoms with Gasteiger partial charge in [0, 0.05) is 0 Å². The molecule has 0 aromatic carbocycles. The highest BCUT2D eigenvalue weighted by Gasteiger charge is 2.12. The number of carbonyl (C=O) groups excluding carboxylic acids is 2. The van der Waals surface area contributed by atoms with Crippen LogP contribution in [-0.4, -0.2) is 18.9 Å². The molecule has 0 atom stereocenters. The summed E-state index contributed by atoms with van der Waals surface area (Å²) in [7, 11) is 1.26. The molecule has 3 heteroatoms. The van der Waals surface area contributed by atoms with Crippen LogP contribution in [0.3, 0.4) is 0 Å². The number of hydrogen-bond acceptors (Lipinski definition) is 3. The van der Waals surface area contributed by atoms with Crippen molar-refractivity contribution in [1.82, 2.24) is 0 Å². The predicted molar refractivity (Wildman–Crippen MR) is 41.1 cm³/mol. The molecular formula is C8H12O3. The molecule has 0 rings (SSSR count). The third-order valence-corrected chi connectivity index (χ3v) is 1.19. The smallest absolute Gasteiger partial charge is 0.341 e.